The van der Waals surface area contributed by atoms with Crippen molar-refractivity contribution in [1.82, 2.24) is 5.32 Å². The summed E-state index contributed by atoms with van der Waals surface area (Å²) in [7, 11) is 1.32. The van der Waals surface area contributed by atoms with Crippen molar-refractivity contribution in [3.8, 4) is 11.5 Å². The summed E-state index contributed by atoms with van der Waals surface area (Å²) in [5, 5.41) is 2.99. The summed E-state index contributed by atoms with van der Waals surface area (Å²) in [5.74, 6) is 0.630. The van der Waals surface area contributed by atoms with Crippen LogP contribution in [0.15, 0.2) is 84.9 Å². The first-order chi connectivity index (χ1) is 17.0. The van der Waals surface area contributed by atoms with E-state index in [4.69, 9.17) is 9.47 Å². The Labute approximate surface area is 206 Å². The van der Waals surface area contributed by atoms with Gasteiger partial charge in [-0.05, 0) is 53.8 Å². The van der Waals surface area contributed by atoms with Gasteiger partial charge in [-0.2, -0.15) is 0 Å². The number of esters is 1. The largest absolute Gasteiger partial charge is 0.489 e. The molecule has 0 aliphatic rings. The van der Waals surface area contributed by atoms with Crippen molar-refractivity contribution in [2.45, 2.75) is 26.4 Å². The van der Waals surface area contributed by atoms with Crippen molar-refractivity contribution in [1.29, 1.82) is 0 Å². The molecule has 0 saturated heterocycles. The second kappa shape index (κ2) is 13.6. The number of rotatable bonds is 12. The molecule has 0 unspecified atom stereocenters. The van der Waals surface area contributed by atoms with Gasteiger partial charge in [0, 0.05) is 18.7 Å². The van der Waals surface area contributed by atoms with Crippen LogP contribution in [0.1, 0.15) is 22.3 Å². The normalized spacial score (nSPS) is 10.7. The minimum Gasteiger partial charge on any atom is -0.489 e. The molecule has 0 atom stereocenters. The van der Waals surface area contributed by atoms with Crippen LogP contribution in [-0.4, -0.2) is 32.1 Å². The van der Waals surface area contributed by atoms with Gasteiger partial charge in [0.1, 0.15) is 24.7 Å². The number of nitrogens with one attached hydrogen (secondary N) is 1. The minimum atomic E-state index is -0.448. The molecule has 0 aromatic heterocycles. The minimum absolute atomic E-state index is 0.0738. The zero-order chi connectivity index (χ0) is 24.9. The van der Waals surface area contributed by atoms with Crippen LogP contribution in [0.4, 0.5) is 0 Å². The summed E-state index contributed by atoms with van der Waals surface area (Å²) in [5.41, 5.74) is 4.25. The zero-order valence-corrected chi connectivity index (χ0v) is 20.2. The summed E-state index contributed by atoms with van der Waals surface area (Å²) in [6.07, 6.45) is 3.85. The molecule has 3 aromatic carbocycles. The molecule has 1 N–H and O–H groups in total. The van der Waals surface area contributed by atoms with Gasteiger partial charge in [-0.3, -0.25) is 4.79 Å². The number of amides is 1. The Balaban J connectivity index is 1.62. The molecule has 35 heavy (non-hydrogen) atoms. The van der Waals surface area contributed by atoms with Crippen molar-refractivity contribution < 1.29 is 23.8 Å². The Morgan fingerprint density at radius 1 is 0.886 bits per heavy atom. The van der Waals surface area contributed by atoms with Crippen LogP contribution in [0.25, 0.3) is 0 Å². The lowest BCUT2D eigenvalue weighted by atomic mass is 10.1. The topological polar surface area (TPSA) is 73.9 Å². The molecule has 3 aromatic rings. The first-order valence-corrected chi connectivity index (χ1v) is 11.5. The zero-order valence-electron chi connectivity index (χ0n) is 20.2. The molecule has 0 aliphatic heterocycles. The summed E-state index contributed by atoms with van der Waals surface area (Å²) >= 11 is 0. The van der Waals surface area contributed by atoms with Crippen LogP contribution >= 0.6 is 0 Å². The van der Waals surface area contributed by atoms with E-state index in [-0.39, 0.29) is 18.9 Å². The van der Waals surface area contributed by atoms with Gasteiger partial charge < -0.3 is 19.5 Å². The highest BCUT2D eigenvalue weighted by molar-refractivity contribution is 5.81. The van der Waals surface area contributed by atoms with Gasteiger partial charge in [-0.1, -0.05) is 54.6 Å². The molecule has 1 amide bonds. The number of ether oxygens (including phenoxy) is 3. The van der Waals surface area contributed by atoms with Crippen LogP contribution < -0.4 is 14.8 Å². The van der Waals surface area contributed by atoms with E-state index in [1.807, 2.05) is 54.6 Å². The Hall–Kier alpha value is -4.06. The lowest BCUT2D eigenvalue weighted by Crippen LogP contribution is -2.27. The van der Waals surface area contributed by atoms with Crippen molar-refractivity contribution in [2.24, 2.45) is 0 Å². The van der Waals surface area contributed by atoms with Gasteiger partial charge in [0.25, 0.3) is 0 Å². The fourth-order valence-electron chi connectivity index (χ4n) is 3.47. The average Bonchev–Trinajstić information content (AvgIpc) is 2.87. The van der Waals surface area contributed by atoms with E-state index in [1.165, 1.54) is 24.3 Å². The number of methoxy groups -OCH3 is 1. The molecule has 182 valence electrons. The number of hydrogen-bond acceptors (Lipinski definition) is 5. The van der Waals surface area contributed by atoms with Crippen LogP contribution in [-0.2, 0) is 33.8 Å². The average molecular weight is 474 g/mol. The molecule has 0 aliphatic carbocycles. The molecule has 0 spiro atoms. The van der Waals surface area contributed by atoms with Gasteiger partial charge in [0.05, 0.1) is 13.5 Å². The van der Waals surface area contributed by atoms with Gasteiger partial charge in [0.15, 0.2) is 0 Å². The number of benzene rings is 3. The van der Waals surface area contributed by atoms with Crippen molar-refractivity contribution in [3.05, 3.63) is 107 Å². The van der Waals surface area contributed by atoms with E-state index in [0.717, 1.165) is 17.5 Å². The maximum Gasteiger partial charge on any atom is 0.330 e. The maximum absolute atomic E-state index is 12.6. The second-order valence-corrected chi connectivity index (χ2v) is 8.03. The van der Waals surface area contributed by atoms with Crippen molar-refractivity contribution >= 4 is 11.9 Å². The highest BCUT2D eigenvalue weighted by Crippen LogP contribution is 2.24. The second-order valence-electron chi connectivity index (χ2n) is 8.03. The van der Waals surface area contributed by atoms with Crippen molar-refractivity contribution in [2.75, 3.05) is 20.3 Å². The van der Waals surface area contributed by atoms with E-state index in [9.17, 15) is 9.59 Å². The number of carbonyl (C=O) groups excluding carboxylic acids is 2. The summed E-state index contributed by atoms with van der Waals surface area (Å²) in [4.78, 5) is 23.8. The van der Waals surface area contributed by atoms with Gasteiger partial charge in [0.2, 0.25) is 5.91 Å². The first-order valence-electron chi connectivity index (χ1n) is 11.5. The van der Waals surface area contributed by atoms with E-state index in [1.54, 1.807) is 12.1 Å². The van der Waals surface area contributed by atoms with E-state index in [2.05, 4.69) is 29.1 Å². The summed E-state index contributed by atoms with van der Waals surface area (Å²) < 4.78 is 16.3. The highest BCUT2D eigenvalue weighted by atomic mass is 16.5. The molecule has 0 radical (unpaired) electrons. The molecular weight excluding hydrogens is 442 g/mol. The summed E-state index contributed by atoms with van der Waals surface area (Å²) in [6.45, 7) is 3.21. The molecule has 0 heterocycles. The molecule has 0 bridgehead atoms. The number of hydrogen-bond donors (Lipinski definition) is 1. The third-order valence-electron chi connectivity index (χ3n) is 5.33. The highest BCUT2D eigenvalue weighted by Gasteiger charge is 2.09. The molecule has 0 saturated carbocycles. The molecule has 0 fully saturated rings. The molecule has 6 nitrogen and oxygen atoms in total. The smallest absolute Gasteiger partial charge is 0.330 e. The van der Waals surface area contributed by atoms with E-state index < -0.39 is 5.97 Å². The fourth-order valence-corrected chi connectivity index (χ4v) is 3.47. The quantitative estimate of drug-likeness (QED) is 0.308. The van der Waals surface area contributed by atoms with Crippen LogP contribution in [0.3, 0.4) is 0 Å². The van der Waals surface area contributed by atoms with Crippen LogP contribution in [0.2, 0.25) is 0 Å². The lowest BCUT2D eigenvalue weighted by Gasteiger charge is -2.12. The van der Waals surface area contributed by atoms with Crippen molar-refractivity contribution in [3.63, 3.8) is 0 Å². The van der Waals surface area contributed by atoms with E-state index in [0.29, 0.717) is 24.7 Å². The third-order valence-corrected chi connectivity index (χ3v) is 5.33. The van der Waals surface area contributed by atoms with Gasteiger partial charge in [-0.15, -0.1) is 0 Å². The van der Waals surface area contributed by atoms with Crippen LogP contribution in [0.5, 0.6) is 11.5 Å². The predicted octanol–water partition coefficient (Wildman–Crippen LogP) is 4.58. The van der Waals surface area contributed by atoms with Gasteiger partial charge >= 0.3 is 5.97 Å². The molecule has 6 heteroatoms. The van der Waals surface area contributed by atoms with E-state index >= 15 is 0 Å². The lowest BCUT2D eigenvalue weighted by molar-refractivity contribution is -0.134. The van der Waals surface area contributed by atoms with Crippen LogP contribution in [0, 0.1) is 6.92 Å². The Bertz CT molecular complexity index is 1140. The Kier molecular flexibility index (Phi) is 9.93. The Morgan fingerprint density at radius 2 is 1.60 bits per heavy atom. The SMILES string of the molecule is COC(=O)/C=C/COc1cc(CC(=O)NCCc2ccccc2C)cc(OCc2ccccc2)c1. The fraction of sp³-hybridized carbons (Fsp3) is 0.241. The molecule has 3 rings (SSSR count). The standard InChI is InChI=1S/C29H31NO5/c1-22-9-6-7-12-25(22)14-15-30-28(31)19-24-17-26(34-16-8-13-29(32)33-2)20-27(18-24)35-21-23-10-4-3-5-11-23/h3-13,17-18,20H,14-16,19,21H2,1-2H3,(H,30,31)/b13-8+. The predicted molar refractivity (Wildman–Crippen MR) is 135 cm³/mol. The number of carbonyl (C=O) groups is 2. The Morgan fingerprint density at radius 3 is 2.34 bits per heavy atom. The monoisotopic (exact) mass is 473 g/mol. The van der Waals surface area contributed by atoms with Gasteiger partial charge in [-0.25, -0.2) is 4.79 Å². The number of aryl methyl sites for hydroxylation is 1. The molecular formula is C29H31NO5. The maximum atomic E-state index is 12.6. The first kappa shape index (κ1) is 25.6. The summed E-state index contributed by atoms with van der Waals surface area (Å²) in [6, 6.07) is 23.4. The third kappa shape index (κ3) is 9.01.